The molecule has 0 saturated heterocycles. The van der Waals surface area contributed by atoms with E-state index >= 15 is 0 Å². The van der Waals surface area contributed by atoms with Gasteiger partial charge in [0.05, 0.1) is 5.56 Å². The van der Waals surface area contributed by atoms with Crippen LogP contribution in [0.2, 0.25) is 0 Å². The minimum atomic E-state index is 0.341. The predicted molar refractivity (Wildman–Crippen MR) is 75.6 cm³/mol. The highest BCUT2D eigenvalue weighted by Gasteiger charge is 2.11. The van der Waals surface area contributed by atoms with Crippen molar-refractivity contribution in [3.63, 3.8) is 0 Å². The zero-order valence-electron chi connectivity index (χ0n) is 12.0. The van der Waals surface area contributed by atoms with Crippen LogP contribution in [-0.4, -0.2) is 11.0 Å². The number of aromatic nitrogens is 1. The second-order valence-electron chi connectivity index (χ2n) is 5.43. The number of pyridine rings is 1. The highest BCUT2D eigenvalue weighted by atomic mass is 15.0. The fraction of sp³-hybridized carbons (Fsp3) is 0.600. The number of hydrogen-bond acceptors (Lipinski definition) is 3. The molecule has 0 fully saturated rings. The second kappa shape index (κ2) is 6.39. The molecule has 0 radical (unpaired) electrons. The Balaban J connectivity index is 2.81. The van der Waals surface area contributed by atoms with Crippen LogP contribution in [0.25, 0.3) is 0 Å². The molecule has 0 aromatic carbocycles. The number of anilines is 1. The molecule has 0 saturated carbocycles. The van der Waals surface area contributed by atoms with Gasteiger partial charge in [-0.1, -0.05) is 13.8 Å². The lowest BCUT2D eigenvalue weighted by atomic mass is 10.0. The summed E-state index contributed by atoms with van der Waals surface area (Å²) < 4.78 is 0. The fourth-order valence-electron chi connectivity index (χ4n) is 1.97. The summed E-state index contributed by atoms with van der Waals surface area (Å²) in [6.45, 7) is 10.5. The first-order chi connectivity index (χ1) is 8.43. The van der Waals surface area contributed by atoms with Crippen LogP contribution in [0, 0.1) is 31.1 Å². The van der Waals surface area contributed by atoms with Crippen molar-refractivity contribution in [3.8, 4) is 6.07 Å². The maximum Gasteiger partial charge on any atom is 0.144 e. The molecule has 0 aliphatic rings. The molecule has 18 heavy (non-hydrogen) atoms. The van der Waals surface area contributed by atoms with Crippen molar-refractivity contribution in [2.24, 2.45) is 5.92 Å². The Bertz CT molecular complexity index is 444. The van der Waals surface area contributed by atoms with E-state index in [0.29, 0.717) is 17.5 Å². The minimum absolute atomic E-state index is 0.341. The van der Waals surface area contributed by atoms with E-state index in [9.17, 15) is 5.26 Å². The molecule has 1 rings (SSSR count). The number of nitriles is 1. The molecule has 1 N–H and O–H groups in total. The molecule has 1 atom stereocenters. The molecule has 0 amide bonds. The molecule has 1 unspecified atom stereocenters. The van der Waals surface area contributed by atoms with E-state index < -0.39 is 0 Å². The van der Waals surface area contributed by atoms with Crippen molar-refractivity contribution >= 4 is 5.82 Å². The van der Waals surface area contributed by atoms with Gasteiger partial charge in [-0.3, -0.25) is 0 Å². The van der Waals surface area contributed by atoms with E-state index in [4.69, 9.17) is 0 Å². The van der Waals surface area contributed by atoms with Gasteiger partial charge in [0.1, 0.15) is 11.9 Å². The lowest BCUT2D eigenvalue weighted by Crippen LogP contribution is -2.18. The van der Waals surface area contributed by atoms with Crippen LogP contribution in [0.1, 0.15) is 50.4 Å². The third-order valence-corrected chi connectivity index (χ3v) is 3.02. The van der Waals surface area contributed by atoms with E-state index in [1.165, 1.54) is 6.42 Å². The van der Waals surface area contributed by atoms with Gasteiger partial charge < -0.3 is 5.32 Å². The maximum atomic E-state index is 9.19. The summed E-state index contributed by atoms with van der Waals surface area (Å²) in [4.78, 5) is 4.44. The van der Waals surface area contributed by atoms with E-state index in [1.807, 2.05) is 19.9 Å². The topological polar surface area (TPSA) is 48.7 Å². The Morgan fingerprint density at radius 2 is 1.94 bits per heavy atom. The summed E-state index contributed by atoms with van der Waals surface area (Å²) in [5, 5.41) is 12.6. The number of nitrogens with one attached hydrogen (secondary N) is 1. The summed E-state index contributed by atoms with van der Waals surface area (Å²) in [5.41, 5.74) is 2.60. The van der Waals surface area contributed by atoms with Gasteiger partial charge in [-0.15, -0.1) is 0 Å². The van der Waals surface area contributed by atoms with Gasteiger partial charge in [0, 0.05) is 11.7 Å². The second-order valence-corrected chi connectivity index (χ2v) is 5.43. The van der Waals surface area contributed by atoms with Gasteiger partial charge in [0.25, 0.3) is 0 Å². The third-order valence-electron chi connectivity index (χ3n) is 3.02. The molecule has 0 spiro atoms. The van der Waals surface area contributed by atoms with Gasteiger partial charge in [-0.2, -0.15) is 5.26 Å². The average Bonchev–Trinajstić information content (AvgIpc) is 2.26. The molecule has 0 aliphatic heterocycles. The highest BCUT2D eigenvalue weighted by Crippen LogP contribution is 2.19. The summed E-state index contributed by atoms with van der Waals surface area (Å²) in [6, 6.07) is 4.52. The lowest BCUT2D eigenvalue weighted by molar-refractivity contribution is 0.527. The van der Waals surface area contributed by atoms with Crippen LogP contribution < -0.4 is 5.32 Å². The molecular weight excluding hydrogens is 222 g/mol. The third kappa shape index (κ3) is 4.03. The summed E-state index contributed by atoms with van der Waals surface area (Å²) in [7, 11) is 0. The number of hydrogen-bond donors (Lipinski definition) is 1. The molecule has 1 aromatic heterocycles. The summed E-state index contributed by atoms with van der Waals surface area (Å²) >= 11 is 0. The predicted octanol–water partition coefficient (Wildman–Crippen LogP) is 3.81. The van der Waals surface area contributed by atoms with Crippen LogP contribution in [0.5, 0.6) is 0 Å². The van der Waals surface area contributed by atoms with Crippen molar-refractivity contribution in [3.05, 3.63) is 22.9 Å². The Morgan fingerprint density at radius 3 is 2.50 bits per heavy atom. The monoisotopic (exact) mass is 245 g/mol. The van der Waals surface area contributed by atoms with E-state index in [1.54, 1.807) is 0 Å². The Kier molecular flexibility index (Phi) is 5.15. The molecule has 98 valence electrons. The molecule has 3 heteroatoms. The van der Waals surface area contributed by atoms with Crippen molar-refractivity contribution < 1.29 is 0 Å². The van der Waals surface area contributed by atoms with Gasteiger partial charge in [-0.05, 0) is 51.2 Å². The Labute approximate surface area is 110 Å². The molecule has 1 heterocycles. The zero-order chi connectivity index (χ0) is 13.7. The minimum Gasteiger partial charge on any atom is -0.367 e. The average molecular weight is 245 g/mol. The zero-order valence-corrected chi connectivity index (χ0v) is 12.0. The molecular formula is C15H23N3. The highest BCUT2D eigenvalue weighted by molar-refractivity contribution is 5.56. The first-order valence-corrected chi connectivity index (χ1v) is 6.59. The standard InChI is InChI=1S/C15H23N3/c1-10(2)6-7-12(4)17-15-14(9-16)11(3)8-13(5)18-15/h8,10,12H,6-7H2,1-5H3,(H,17,18). The van der Waals surface area contributed by atoms with Gasteiger partial charge in [0.2, 0.25) is 0 Å². The molecule has 1 aromatic rings. The number of aryl methyl sites for hydroxylation is 2. The molecule has 0 bridgehead atoms. The van der Waals surface area contributed by atoms with E-state index in [0.717, 1.165) is 23.5 Å². The van der Waals surface area contributed by atoms with Crippen LogP contribution in [0.3, 0.4) is 0 Å². The number of nitrogens with zero attached hydrogens (tertiary/aromatic N) is 2. The molecule has 3 nitrogen and oxygen atoms in total. The van der Waals surface area contributed by atoms with Gasteiger partial charge >= 0.3 is 0 Å². The van der Waals surface area contributed by atoms with Gasteiger partial charge in [0.15, 0.2) is 0 Å². The first kappa shape index (κ1) is 14.5. The summed E-state index contributed by atoms with van der Waals surface area (Å²) in [5.74, 6) is 1.43. The Morgan fingerprint density at radius 1 is 1.28 bits per heavy atom. The van der Waals surface area contributed by atoms with Crippen molar-refractivity contribution in [2.75, 3.05) is 5.32 Å². The van der Waals surface area contributed by atoms with Crippen molar-refractivity contribution in [2.45, 2.75) is 53.5 Å². The van der Waals surface area contributed by atoms with E-state index in [-0.39, 0.29) is 0 Å². The molecule has 0 aliphatic carbocycles. The lowest BCUT2D eigenvalue weighted by Gasteiger charge is -2.17. The van der Waals surface area contributed by atoms with Crippen LogP contribution in [0.15, 0.2) is 6.07 Å². The van der Waals surface area contributed by atoms with Crippen molar-refractivity contribution in [1.82, 2.24) is 4.98 Å². The quantitative estimate of drug-likeness (QED) is 0.858. The van der Waals surface area contributed by atoms with Crippen LogP contribution in [-0.2, 0) is 0 Å². The normalized spacial score (nSPS) is 12.3. The van der Waals surface area contributed by atoms with E-state index in [2.05, 4.69) is 37.1 Å². The first-order valence-electron chi connectivity index (χ1n) is 6.59. The fourth-order valence-corrected chi connectivity index (χ4v) is 1.97. The van der Waals surface area contributed by atoms with Gasteiger partial charge in [-0.25, -0.2) is 4.98 Å². The Hall–Kier alpha value is -1.56. The maximum absolute atomic E-state index is 9.19. The largest absolute Gasteiger partial charge is 0.367 e. The van der Waals surface area contributed by atoms with Crippen LogP contribution in [0.4, 0.5) is 5.82 Å². The summed E-state index contributed by atoms with van der Waals surface area (Å²) in [6.07, 6.45) is 2.28. The number of rotatable bonds is 5. The SMILES string of the molecule is Cc1cc(C)c(C#N)c(NC(C)CCC(C)C)n1. The van der Waals surface area contributed by atoms with Crippen LogP contribution >= 0.6 is 0 Å². The smallest absolute Gasteiger partial charge is 0.144 e. The van der Waals surface area contributed by atoms with Crippen molar-refractivity contribution in [1.29, 1.82) is 5.26 Å².